The molecule has 0 saturated carbocycles. The first-order valence-corrected chi connectivity index (χ1v) is 8.75. The summed E-state index contributed by atoms with van der Waals surface area (Å²) in [5, 5.41) is -0.578. The predicted molar refractivity (Wildman–Crippen MR) is 88.5 cm³/mol. The minimum absolute atomic E-state index is 0.115. The molecule has 0 heterocycles. The van der Waals surface area contributed by atoms with Gasteiger partial charge >= 0.3 is 0 Å². The second kappa shape index (κ2) is 6.78. The molecule has 2 aromatic rings. The SMILES string of the molecule is CC(C(=O)c1ccc(Br)cc1)S(=O)c1cccc(Br)c1. The Morgan fingerprint density at radius 2 is 1.70 bits per heavy atom. The number of ketones is 1. The maximum Gasteiger partial charge on any atom is 0.178 e. The number of benzene rings is 2. The first-order chi connectivity index (χ1) is 9.49. The summed E-state index contributed by atoms with van der Waals surface area (Å²) in [5.74, 6) is -0.115. The third-order valence-corrected chi connectivity index (χ3v) is 5.44. The van der Waals surface area contributed by atoms with Crippen molar-refractivity contribution < 1.29 is 9.00 Å². The number of Topliss-reactive ketones (excluding diaryl/α,β-unsaturated/α-hetero) is 1. The van der Waals surface area contributed by atoms with Gasteiger partial charge in [-0.1, -0.05) is 50.1 Å². The van der Waals surface area contributed by atoms with Crippen LogP contribution in [0.1, 0.15) is 17.3 Å². The van der Waals surface area contributed by atoms with Crippen molar-refractivity contribution in [1.29, 1.82) is 0 Å². The molecule has 0 bridgehead atoms. The zero-order chi connectivity index (χ0) is 14.7. The summed E-state index contributed by atoms with van der Waals surface area (Å²) >= 11 is 6.67. The van der Waals surface area contributed by atoms with Crippen LogP contribution in [0.15, 0.2) is 62.4 Å². The molecule has 5 heteroatoms. The zero-order valence-corrected chi connectivity index (χ0v) is 14.7. The Morgan fingerprint density at radius 1 is 1.05 bits per heavy atom. The molecule has 0 aromatic heterocycles. The average molecular weight is 416 g/mol. The van der Waals surface area contributed by atoms with Gasteiger partial charge in [-0.2, -0.15) is 0 Å². The van der Waals surface area contributed by atoms with E-state index in [0.29, 0.717) is 10.5 Å². The Labute approximate surface area is 137 Å². The zero-order valence-electron chi connectivity index (χ0n) is 10.7. The summed E-state index contributed by atoms with van der Waals surface area (Å²) in [6, 6.07) is 14.3. The minimum Gasteiger partial charge on any atom is -0.293 e. The highest BCUT2D eigenvalue weighted by molar-refractivity contribution is 9.10. The highest BCUT2D eigenvalue weighted by atomic mass is 79.9. The van der Waals surface area contributed by atoms with Gasteiger partial charge in [-0.05, 0) is 37.3 Å². The Kier molecular flexibility index (Phi) is 5.29. The fourth-order valence-corrected chi connectivity index (χ4v) is 3.75. The van der Waals surface area contributed by atoms with E-state index in [1.165, 1.54) is 0 Å². The number of rotatable bonds is 4. The van der Waals surface area contributed by atoms with Crippen LogP contribution in [0.5, 0.6) is 0 Å². The molecule has 2 aromatic carbocycles. The van der Waals surface area contributed by atoms with Crippen molar-refractivity contribution in [3.8, 4) is 0 Å². The van der Waals surface area contributed by atoms with Crippen molar-refractivity contribution >= 4 is 48.4 Å². The van der Waals surface area contributed by atoms with Gasteiger partial charge in [-0.15, -0.1) is 0 Å². The monoisotopic (exact) mass is 414 g/mol. The normalized spacial score (nSPS) is 13.8. The molecule has 0 spiro atoms. The quantitative estimate of drug-likeness (QED) is 0.684. The molecule has 0 N–H and O–H groups in total. The summed E-state index contributed by atoms with van der Waals surface area (Å²) in [7, 11) is -1.37. The Morgan fingerprint density at radius 3 is 2.30 bits per heavy atom. The number of halogens is 2. The highest BCUT2D eigenvalue weighted by Gasteiger charge is 2.22. The molecule has 2 nitrogen and oxygen atoms in total. The third-order valence-electron chi connectivity index (χ3n) is 2.85. The van der Waals surface area contributed by atoms with E-state index in [-0.39, 0.29) is 5.78 Å². The van der Waals surface area contributed by atoms with Crippen LogP contribution in [-0.2, 0) is 10.8 Å². The lowest BCUT2D eigenvalue weighted by Gasteiger charge is -2.11. The second-order valence-electron chi connectivity index (χ2n) is 4.27. The Hall–Kier alpha value is -0.780. The highest BCUT2D eigenvalue weighted by Crippen LogP contribution is 2.20. The summed E-state index contributed by atoms with van der Waals surface area (Å²) < 4.78 is 14.2. The summed E-state index contributed by atoms with van der Waals surface area (Å²) in [6.07, 6.45) is 0. The Balaban J connectivity index is 2.22. The van der Waals surface area contributed by atoms with Crippen LogP contribution in [0.2, 0.25) is 0 Å². The fourth-order valence-electron chi connectivity index (χ4n) is 1.74. The van der Waals surface area contributed by atoms with Gasteiger partial charge in [0.1, 0.15) is 0 Å². The van der Waals surface area contributed by atoms with Crippen molar-refractivity contribution in [2.45, 2.75) is 17.1 Å². The third kappa shape index (κ3) is 3.65. The van der Waals surface area contributed by atoms with Crippen molar-refractivity contribution in [2.75, 3.05) is 0 Å². The number of hydrogen-bond acceptors (Lipinski definition) is 2. The molecule has 0 saturated heterocycles. The molecule has 2 rings (SSSR count). The van der Waals surface area contributed by atoms with Gasteiger partial charge < -0.3 is 0 Å². The summed E-state index contributed by atoms with van der Waals surface area (Å²) in [4.78, 5) is 13.0. The second-order valence-corrected chi connectivity index (χ2v) is 7.87. The molecule has 0 amide bonds. The molecule has 0 aliphatic heterocycles. The topological polar surface area (TPSA) is 34.1 Å². The molecule has 2 atom stereocenters. The van der Waals surface area contributed by atoms with Gasteiger partial charge in [0, 0.05) is 19.4 Å². The van der Waals surface area contributed by atoms with E-state index >= 15 is 0 Å². The molecule has 0 radical (unpaired) electrons. The van der Waals surface area contributed by atoms with Gasteiger partial charge in [-0.3, -0.25) is 9.00 Å². The first-order valence-electron chi connectivity index (χ1n) is 5.95. The van der Waals surface area contributed by atoms with Crippen molar-refractivity contribution in [3.63, 3.8) is 0 Å². The number of hydrogen-bond donors (Lipinski definition) is 0. The van der Waals surface area contributed by atoms with Crippen molar-refractivity contribution in [2.24, 2.45) is 0 Å². The lowest BCUT2D eigenvalue weighted by molar-refractivity contribution is 0.0992. The van der Waals surface area contributed by atoms with Crippen molar-refractivity contribution in [3.05, 3.63) is 63.0 Å². The van der Waals surface area contributed by atoms with Gasteiger partial charge in [0.2, 0.25) is 0 Å². The van der Waals surface area contributed by atoms with Crippen LogP contribution in [0, 0.1) is 0 Å². The van der Waals surface area contributed by atoms with Crippen molar-refractivity contribution in [1.82, 2.24) is 0 Å². The minimum atomic E-state index is -1.37. The molecular weight excluding hydrogens is 404 g/mol. The standard InChI is InChI=1S/C15H12Br2O2S/c1-10(15(18)11-5-7-12(16)8-6-11)20(19)14-4-2-3-13(17)9-14/h2-10H,1H3. The van der Waals surface area contributed by atoms with Crippen LogP contribution >= 0.6 is 31.9 Å². The fraction of sp³-hybridized carbons (Fsp3) is 0.133. The van der Waals surface area contributed by atoms with Crippen LogP contribution in [-0.4, -0.2) is 15.2 Å². The molecule has 0 fully saturated rings. The van der Waals surface area contributed by atoms with E-state index in [9.17, 15) is 9.00 Å². The number of carbonyl (C=O) groups is 1. The van der Waals surface area contributed by atoms with Crippen LogP contribution in [0.3, 0.4) is 0 Å². The molecular formula is C15H12Br2O2S. The smallest absolute Gasteiger partial charge is 0.178 e. The number of carbonyl (C=O) groups excluding carboxylic acids is 1. The maximum atomic E-state index is 12.4. The molecule has 104 valence electrons. The van der Waals surface area contributed by atoms with E-state index < -0.39 is 16.0 Å². The van der Waals surface area contributed by atoms with Crippen LogP contribution in [0.4, 0.5) is 0 Å². The van der Waals surface area contributed by atoms with Gasteiger partial charge in [0.15, 0.2) is 5.78 Å². The molecule has 0 aliphatic carbocycles. The van der Waals surface area contributed by atoms with Gasteiger partial charge in [0.25, 0.3) is 0 Å². The van der Waals surface area contributed by atoms with E-state index in [0.717, 1.165) is 8.95 Å². The van der Waals surface area contributed by atoms with Crippen LogP contribution in [0.25, 0.3) is 0 Å². The molecule has 20 heavy (non-hydrogen) atoms. The van der Waals surface area contributed by atoms with E-state index in [1.54, 1.807) is 31.2 Å². The molecule has 2 unspecified atom stereocenters. The lowest BCUT2D eigenvalue weighted by Crippen LogP contribution is -2.22. The van der Waals surface area contributed by atoms with E-state index in [2.05, 4.69) is 31.9 Å². The summed E-state index contributed by atoms with van der Waals surface area (Å²) in [5.41, 5.74) is 0.573. The van der Waals surface area contributed by atoms with Gasteiger partial charge in [0.05, 0.1) is 16.0 Å². The largest absolute Gasteiger partial charge is 0.293 e. The molecule has 0 aliphatic rings. The van der Waals surface area contributed by atoms with Crippen LogP contribution < -0.4 is 0 Å². The lowest BCUT2D eigenvalue weighted by atomic mass is 10.1. The predicted octanol–water partition coefficient (Wildman–Crippen LogP) is 4.59. The van der Waals surface area contributed by atoms with Gasteiger partial charge in [-0.25, -0.2) is 0 Å². The Bertz CT molecular complexity index is 653. The summed E-state index contributed by atoms with van der Waals surface area (Å²) in [6.45, 7) is 1.70. The first kappa shape index (κ1) is 15.6. The maximum absolute atomic E-state index is 12.4. The van der Waals surface area contributed by atoms with E-state index in [1.807, 2.05) is 24.3 Å². The van der Waals surface area contributed by atoms with E-state index in [4.69, 9.17) is 0 Å². The average Bonchev–Trinajstić information content (AvgIpc) is 2.46.